The number of hydrogen-bond acceptors (Lipinski definition) is 6. The molecule has 33 heavy (non-hydrogen) atoms. The third-order valence-corrected chi connectivity index (χ3v) is 8.50. The number of piperidine rings is 2. The Morgan fingerprint density at radius 1 is 1.00 bits per heavy atom. The number of esters is 1. The topological polar surface area (TPSA) is 96.0 Å². The van der Waals surface area contributed by atoms with Gasteiger partial charge in [-0.1, -0.05) is 13.3 Å². The second kappa shape index (κ2) is 11.9. The number of nitrogens with one attached hydrogen (secondary N) is 1. The van der Waals surface area contributed by atoms with Crippen molar-refractivity contribution in [1.82, 2.24) is 14.5 Å². The van der Waals surface area contributed by atoms with E-state index >= 15 is 0 Å². The van der Waals surface area contributed by atoms with Crippen LogP contribution in [-0.2, 0) is 19.6 Å². The van der Waals surface area contributed by atoms with Gasteiger partial charge < -0.3 is 15.0 Å². The molecule has 0 unspecified atom stereocenters. The van der Waals surface area contributed by atoms with Crippen LogP contribution >= 0.6 is 0 Å². The summed E-state index contributed by atoms with van der Waals surface area (Å²) in [6.07, 6.45) is 5.40. The Bertz CT molecular complexity index is 887. The number of unbranched alkanes of at least 4 members (excludes halogenated alkanes) is 1. The van der Waals surface area contributed by atoms with Gasteiger partial charge in [-0.15, -0.1) is 0 Å². The van der Waals surface area contributed by atoms with E-state index in [0.717, 1.165) is 32.5 Å². The molecule has 2 saturated heterocycles. The standard InChI is InChI=1S/C24H37N3O5S/c1-3-5-14-26-15-12-21(13-16-26)25-23(28)19-10-17-27(18-11-19)33(30,31)22-8-6-20(7-9-22)24(29)32-4-2/h6-9,19,21H,3-5,10-18H2,1-2H3,(H,25,28). The summed E-state index contributed by atoms with van der Waals surface area (Å²) in [6, 6.07) is 6.03. The Hall–Kier alpha value is -1.97. The maximum absolute atomic E-state index is 13.0. The second-order valence-electron chi connectivity index (χ2n) is 8.90. The number of rotatable bonds is 9. The molecular weight excluding hydrogens is 442 g/mol. The minimum Gasteiger partial charge on any atom is -0.462 e. The fourth-order valence-electron chi connectivity index (χ4n) is 4.49. The molecule has 1 N–H and O–H groups in total. The Morgan fingerprint density at radius 2 is 1.64 bits per heavy atom. The van der Waals surface area contributed by atoms with Gasteiger partial charge in [-0.3, -0.25) is 4.79 Å². The van der Waals surface area contributed by atoms with Crippen molar-refractivity contribution in [3.05, 3.63) is 29.8 Å². The van der Waals surface area contributed by atoms with Crippen LogP contribution in [0.5, 0.6) is 0 Å². The average molecular weight is 480 g/mol. The van der Waals surface area contributed by atoms with E-state index in [4.69, 9.17) is 4.74 Å². The third-order valence-electron chi connectivity index (χ3n) is 6.59. The van der Waals surface area contributed by atoms with Crippen molar-refractivity contribution in [2.24, 2.45) is 5.92 Å². The molecule has 0 aliphatic carbocycles. The zero-order valence-corrected chi connectivity index (χ0v) is 20.6. The number of benzene rings is 1. The molecule has 3 rings (SSSR count). The fourth-order valence-corrected chi connectivity index (χ4v) is 5.96. The normalized spacial score (nSPS) is 19.3. The first-order valence-electron chi connectivity index (χ1n) is 12.1. The maximum atomic E-state index is 13.0. The third kappa shape index (κ3) is 6.77. The molecule has 8 nitrogen and oxygen atoms in total. The highest BCUT2D eigenvalue weighted by molar-refractivity contribution is 7.89. The molecule has 0 aromatic heterocycles. The summed E-state index contributed by atoms with van der Waals surface area (Å²) < 4.78 is 32.4. The van der Waals surface area contributed by atoms with Crippen LogP contribution in [-0.4, -0.2) is 74.9 Å². The van der Waals surface area contributed by atoms with Gasteiger partial charge in [0, 0.05) is 38.1 Å². The summed E-state index contributed by atoms with van der Waals surface area (Å²) in [5.41, 5.74) is 0.322. The molecule has 1 amide bonds. The lowest BCUT2D eigenvalue weighted by atomic mass is 9.96. The summed E-state index contributed by atoms with van der Waals surface area (Å²) in [5, 5.41) is 3.20. The Kier molecular flexibility index (Phi) is 9.28. The van der Waals surface area contributed by atoms with E-state index in [1.54, 1.807) is 6.92 Å². The van der Waals surface area contributed by atoms with Crippen molar-refractivity contribution in [2.75, 3.05) is 39.3 Å². The molecule has 1 aromatic carbocycles. The smallest absolute Gasteiger partial charge is 0.338 e. The van der Waals surface area contributed by atoms with Gasteiger partial charge in [0.2, 0.25) is 15.9 Å². The van der Waals surface area contributed by atoms with Crippen LogP contribution in [0.3, 0.4) is 0 Å². The molecule has 2 heterocycles. The molecule has 0 spiro atoms. The summed E-state index contributed by atoms with van der Waals surface area (Å²) in [7, 11) is -3.66. The highest BCUT2D eigenvalue weighted by Gasteiger charge is 2.33. The number of carbonyl (C=O) groups excluding carboxylic acids is 2. The minimum absolute atomic E-state index is 0.0536. The first-order chi connectivity index (χ1) is 15.8. The van der Waals surface area contributed by atoms with E-state index in [1.807, 2.05) is 0 Å². The lowest BCUT2D eigenvalue weighted by Crippen LogP contribution is -2.48. The predicted octanol–water partition coefficient (Wildman–Crippen LogP) is 2.64. The quantitative estimate of drug-likeness (QED) is 0.547. The van der Waals surface area contributed by atoms with Crippen molar-refractivity contribution in [2.45, 2.75) is 63.3 Å². The van der Waals surface area contributed by atoms with Gasteiger partial charge >= 0.3 is 5.97 Å². The van der Waals surface area contributed by atoms with Crippen LogP contribution in [0.25, 0.3) is 0 Å². The van der Waals surface area contributed by atoms with Crippen LogP contribution in [0.1, 0.15) is 62.7 Å². The number of sulfonamides is 1. The van der Waals surface area contributed by atoms with Crippen molar-refractivity contribution in [3.63, 3.8) is 0 Å². The zero-order valence-electron chi connectivity index (χ0n) is 19.8. The van der Waals surface area contributed by atoms with Crippen molar-refractivity contribution < 1.29 is 22.7 Å². The molecule has 0 saturated carbocycles. The van der Waals surface area contributed by atoms with Gasteiger partial charge in [0.15, 0.2) is 0 Å². The van der Waals surface area contributed by atoms with E-state index < -0.39 is 16.0 Å². The van der Waals surface area contributed by atoms with Crippen LogP contribution in [0.15, 0.2) is 29.2 Å². The predicted molar refractivity (Wildman–Crippen MR) is 126 cm³/mol. The molecule has 184 valence electrons. The molecule has 1 aromatic rings. The average Bonchev–Trinajstić information content (AvgIpc) is 2.84. The van der Waals surface area contributed by atoms with Crippen molar-refractivity contribution >= 4 is 21.9 Å². The molecule has 0 bridgehead atoms. The number of likely N-dealkylation sites (tertiary alicyclic amines) is 1. The number of nitrogens with zero attached hydrogens (tertiary/aromatic N) is 2. The second-order valence-corrected chi connectivity index (χ2v) is 10.8. The Labute approximate surface area is 197 Å². The lowest BCUT2D eigenvalue weighted by molar-refractivity contribution is -0.127. The van der Waals surface area contributed by atoms with Crippen molar-refractivity contribution in [3.8, 4) is 0 Å². The molecule has 9 heteroatoms. The lowest BCUT2D eigenvalue weighted by Gasteiger charge is -2.34. The van der Waals surface area contributed by atoms with Gasteiger partial charge in [-0.05, 0) is 69.8 Å². The van der Waals surface area contributed by atoms with Crippen LogP contribution in [0.4, 0.5) is 0 Å². The van der Waals surface area contributed by atoms with E-state index in [-0.39, 0.29) is 29.4 Å². The Morgan fingerprint density at radius 3 is 2.21 bits per heavy atom. The largest absolute Gasteiger partial charge is 0.462 e. The van der Waals surface area contributed by atoms with E-state index in [9.17, 15) is 18.0 Å². The summed E-state index contributed by atoms with van der Waals surface area (Å²) >= 11 is 0. The van der Waals surface area contributed by atoms with Gasteiger partial charge in [-0.25, -0.2) is 13.2 Å². The molecule has 2 aliphatic heterocycles. The fraction of sp³-hybridized carbons (Fsp3) is 0.667. The van der Waals surface area contributed by atoms with Gasteiger partial charge in [0.05, 0.1) is 17.1 Å². The first kappa shape index (κ1) is 25.6. The van der Waals surface area contributed by atoms with Gasteiger partial charge in [0.25, 0.3) is 0 Å². The molecule has 0 atom stereocenters. The van der Waals surface area contributed by atoms with Gasteiger partial charge in [-0.2, -0.15) is 4.31 Å². The SMILES string of the molecule is CCCCN1CCC(NC(=O)C2CCN(S(=O)(=O)c3ccc(C(=O)OCC)cc3)CC2)CC1. The molecular formula is C24H37N3O5S. The highest BCUT2D eigenvalue weighted by Crippen LogP contribution is 2.25. The molecule has 0 radical (unpaired) electrons. The van der Waals surface area contributed by atoms with Crippen LogP contribution < -0.4 is 5.32 Å². The Balaban J connectivity index is 1.48. The first-order valence-corrected chi connectivity index (χ1v) is 13.6. The van der Waals surface area contributed by atoms with E-state index in [2.05, 4.69) is 17.1 Å². The molecule has 2 aliphatic rings. The summed E-state index contributed by atoms with van der Waals surface area (Å²) in [6.45, 7) is 8.00. The highest BCUT2D eigenvalue weighted by atomic mass is 32.2. The summed E-state index contributed by atoms with van der Waals surface area (Å²) in [4.78, 5) is 27.2. The number of ether oxygens (including phenoxy) is 1. The number of carbonyl (C=O) groups is 2. The van der Waals surface area contributed by atoms with E-state index in [1.165, 1.54) is 41.4 Å². The maximum Gasteiger partial charge on any atom is 0.338 e. The number of amides is 1. The van der Waals surface area contributed by atoms with Crippen molar-refractivity contribution in [1.29, 1.82) is 0 Å². The molecule has 2 fully saturated rings. The monoisotopic (exact) mass is 479 g/mol. The van der Waals surface area contributed by atoms with Gasteiger partial charge in [0.1, 0.15) is 0 Å². The van der Waals surface area contributed by atoms with Crippen LogP contribution in [0.2, 0.25) is 0 Å². The van der Waals surface area contributed by atoms with Crippen LogP contribution in [0, 0.1) is 5.92 Å². The summed E-state index contributed by atoms with van der Waals surface area (Å²) in [5.74, 6) is -0.571. The zero-order chi connectivity index (χ0) is 23.8. The van der Waals surface area contributed by atoms with E-state index in [0.29, 0.717) is 31.5 Å². The minimum atomic E-state index is -3.66. The number of hydrogen-bond donors (Lipinski definition) is 1.